The lowest BCUT2D eigenvalue weighted by Gasteiger charge is -2.26. The summed E-state index contributed by atoms with van der Waals surface area (Å²) in [6, 6.07) is 13.5. The van der Waals surface area contributed by atoms with Crippen molar-refractivity contribution < 1.29 is 24.6 Å². The number of amides is 2. The van der Waals surface area contributed by atoms with Crippen LogP contribution in [0.5, 0.6) is 0 Å². The predicted octanol–water partition coefficient (Wildman–Crippen LogP) is 0.795. The van der Waals surface area contributed by atoms with Crippen LogP contribution in [0.15, 0.2) is 48.5 Å². The largest absolute Gasteiger partial charge is 0.391 e. The molecule has 204 valence electrons. The van der Waals surface area contributed by atoms with E-state index in [-0.39, 0.29) is 24.9 Å². The first-order chi connectivity index (χ1) is 18.4. The molecule has 38 heavy (non-hydrogen) atoms. The third-order valence-electron chi connectivity index (χ3n) is 6.09. The Morgan fingerprint density at radius 3 is 2.26 bits per heavy atom. The maximum atomic E-state index is 12.4. The number of morpholine rings is 1. The monoisotopic (exact) mass is 523 g/mol. The van der Waals surface area contributed by atoms with E-state index in [1.54, 1.807) is 24.3 Å². The molecule has 0 bridgehead atoms. The van der Waals surface area contributed by atoms with Crippen molar-refractivity contribution in [3.8, 4) is 11.8 Å². The van der Waals surface area contributed by atoms with E-state index >= 15 is 0 Å². The third-order valence-corrected chi connectivity index (χ3v) is 6.09. The van der Waals surface area contributed by atoms with Gasteiger partial charge in [0.2, 0.25) is 5.91 Å². The molecule has 0 aliphatic carbocycles. The van der Waals surface area contributed by atoms with Gasteiger partial charge in [-0.1, -0.05) is 11.8 Å². The SMILES string of the molecule is C[C@@H](O)[C@H](CNO)NC(=O)c1ccc(C#Cc2ccc(NC(=O)CNCCCN3CCOCC3)cc2)cc1. The van der Waals surface area contributed by atoms with Gasteiger partial charge in [-0.15, -0.1) is 0 Å². The number of hydrogen-bond acceptors (Lipinski definition) is 8. The van der Waals surface area contributed by atoms with Gasteiger partial charge in [0.1, 0.15) is 0 Å². The number of ether oxygens (including phenoxy) is 1. The zero-order chi connectivity index (χ0) is 27.2. The van der Waals surface area contributed by atoms with Crippen molar-refractivity contribution >= 4 is 17.5 Å². The molecule has 0 spiro atoms. The number of rotatable bonds is 12. The maximum absolute atomic E-state index is 12.4. The summed E-state index contributed by atoms with van der Waals surface area (Å²) in [6.45, 7) is 7.16. The molecule has 2 aromatic carbocycles. The Morgan fingerprint density at radius 2 is 1.66 bits per heavy atom. The molecular weight excluding hydrogens is 486 g/mol. The van der Waals surface area contributed by atoms with Crippen LogP contribution in [0.2, 0.25) is 0 Å². The number of hydroxylamine groups is 1. The molecule has 6 N–H and O–H groups in total. The van der Waals surface area contributed by atoms with Crippen LogP contribution in [0.3, 0.4) is 0 Å². The number of aliphatic hydroxyl groups is 1. The molecular formula is C28H37N5O5. The molecule has 1 aliphatic heterocycles. The number of anilines is 1. The molecule has 1 aliphatic rings. The molecule has 1 fully saturated rings. The summed E-state index contributed by atoms with van der Waals surface area (Å²) in [7, 11) is 0. The summed E-state index contributed by atoms with van der Waals surface area (Å²) in [4.78, 5) is 26.9. The minimum absolute atomic E-state index is 0.0298. The lowest BCUT2D eigenvalue weighted by molar-refractivity contribution is -0.115. The van der Waals surface area contributed by atoms with E-state index in [0.717, 1.165) is 56.9 Å². The highest BCUT2D eigenvalue weighted by Gasteiger charge is 2.18. The van der Waals surface area contributed by atoms with E-state index in [2.05, 4.69) is 32.7 Å². The van der Waals surface area contributed by atoms with Gasteiger partial charge in [-0.2, -0.15) is 0 Å². The quantitative estimate of drug-likeness (QED) is 0.137. The van der Waals surface area contributed by atoms with Crippen molar-refractivity contribution in [2.75, 3.05) is 57.8 Å². The van der Waals surface area contributed by atoms with Gasteiger partial charge in [0.25, 0.3) is 5.91 Å². The van der Waals surface area contributed by atoms with E-state index in [1.165, 1.54) is 6.92 Å². The Hall–Kier alpha value is -3.30. The second kappa shape index (κ2) is 15.8. The number of benzene rings is 2. The number of nitrogens with zero attached hydrogens (tertiary/aromatic N) is 1. The third kappa shape index (κ3) is 10.2. The van der Waals surface area contributed by atoms with Crippen molar-refractivity contribution in [2.45, 2.75) is 25.5 Å². The number of carbonyl (C=O) groups is 2. The minimum atomic E-state index is -0.823. The Morgan fingerprint density at radius 1 is 1.03 bits per heavy atom. The van der Waals surface area contributed by atoms with Crippen LogP contribution in [-0.4, -0.2) is 91.7 Å². The molecule has 2 aromatic rings. The van der Waals surface area contributed by atoms with Crippen molar-refractivity contribution in [2.24, 2.45) is 0 Å². The molecule has 1 heterocycles. The van der Waals surface area contributed by atoms with E-state index < -0.39 is 12.1 Å². The van der Waals surface area contributed by atoms with Crippen LogP contribution >= 0.6 is 0 Å². The second-order valence-corrected chi connectivity index (χ2v) is 9.12. The van der Waals surface area contributed by atoms with Gasteiger partial charge in [0, 0.05) is 42.0 Å². The van der Waals surface area contributed by atoms with Crippen molar-refractivity contribution in [1.29, 1.82) is 0 Å². The van der Waals surface area contributed by atoms with Gasteiger partial charge >= 0.3 is 0 Å². The fourth-order valence-corrected chi connectivity index (χ4v) is 3.84. The first-order valence-electron chi connectivity index (χ1n) is 12.8. The second-order valence-electron chi connectivity index (χ2n) is 9.12. The number of nitrogens with one attached hydrogen (secondary N) is 4. The number of hydrogen-bond donors (Lipinski definition) is 6. The molecule has 2 amide bonds. The van der Waals surface area contributed by atoms with Crippen LogP contribution in [0.4, 0.5) is 5.69 Å². The number of carbonyl (C=O) groups excluding carboxylic acids is 2. The predicted molar refractivity (Wildman–Crippen MR) is 145 cm³/mol. The van der Waals surface area contributed by atoms with Crippen LogP contribution in [0, 0.1) is 11.8 Å². The molecule has 3 rings (SSSR count). The molecule has 0 unspecified atom stereocenters. The fourth-order valence-electron chi connectivity index (χ4n) is 3.84. The van der Waals surface area contributed by atoms with Crippen LogP contribution < -0.4 is 21.4 Å². The van der Waals surface area contributed by atoms with E-state index in [0.29, 0.717) is 11.3 Å². The molecule has 2 atom stereocenters. The Bertz CT molecular complexity index is 1070. The highest BCUT2D eigenvalue weighted by atomic mass is 16.5. The highest BCUT2D eigenvalue weighted by molar-refractivity contribution is 5.94. The summed E-state index contributed by atoms with van der Waals surface area (Å²) in [6.07, 6.45) is 0.165. The fraction of sp³-hybridized carbons (Fsp3) is 0.429. The summed E-state index contributed by atoms with van der Waals surface area (Å²) in [5.74, 6) is 5.68. The van der Waals surface area contributed by atoms with E-state index in [9.17, 15) is 14.7 Å². The average Bonchev–Trinajstić information content (AvgIpc) is 2.93. The first-order valence-corrected chi connectivity index (χ1v) is 12.8. The zero-order valence-electron chi connectivity index (χ0n) is 21.7. The molecule has 1 saturated heterocycles. The van der Waals surface area contributed by atoms with Crippen molar-refractivity contribution in [3.63, 3.8) is 0 Å². The average molecular weight is 524 g/mol. The summed E-state index contributed by atoms with van der Waals surface area (Å²) in [5.41, 5.74) is 4.62. The zero-order valence-corrected chi connectivity index (χ0v) is 21.7. The lowest BCUT2D eigenvalue weighted by atomic mass is 10.1. The molecule has 0 saturated carbocycles. The molecule has 10 nitrogen and oxygen atoms in total. The summed E-state index contributed by atoms with van der Waals surface area (Å²) >= 11 is 0. The number of aliphatic hydroxyl groups excluding tert-OH is 1. The van der Waals surface area contributed by atoms with Gasteiger partial charge in [0.15, 0.2) is 0 Å². The van der Waals surface area contributed by atoms with Crippen LogP contribution in [0.1, 0.15) is 34.8 Å². The topological polar surface area (TPSA) is 135 Å². The van der Waals surface area contributed by atoms with E-state index in [4.69, 9.17) is 9.94 Å². The van der Waals surface area contributed by atoms with Gasteiger partial charge in [-0.3, -0.25) is 14.5 Å². The normalized spacial score (nSPS) is 15.1. The molecule has 0 aromatic heterocycles. The highest BCUT2D eigenvalue weighted by Crippen LogP contribution is 2.10. The van der Waals surface area contributed by atoms with Crippen molar-refractivity contribution in [3.05, 3.63) is 65.2 Å². The Balaban J connectivity index is 1.40. The first kappa shape index (κ1) is 29.3. The minimum Gasteiger partial charge on any atom is -0.391 e. The van der Waals surface area contributed by atoms with Gasteiger partial charge in [0.05, 0.1) is 31.9 Å². The maximum Gasteiger partial charge on any atom is 0.251 e. The van der Waals surface area contributed by atoms with Gasteiger partial charge in [-0.25, -0.2) is 5.48 Å². The summed E-state index contributed by atoms with van der Waals surface area (Å²) < 4.78 is 5.35. The summed E-state index contributed by atoms with van der Waals surface area (Å²) in [5, 5.41) is 27.3. The van der Waals surface area contributed by atoms with Crippen molar-refractivity contribution in [1.82, 2.24) is 21.0 Å². The molecule has 10 heteroatoms. The van der Waals surface area contributed by atoms with Crippen LogP contribution in [-0.2, 0) is 9.53 Å². The van der Waals surface area contributed by atoms with Gasteiger partial charge < -0.3 is 31.0 Å². The van der Waals surface area contributed by atoms with E-state index in [1.807, 2.05) is 29.7 Å². The Labute approximate surface area is 223 Å². The smallest absolute Gasteiger partial charge is 0.251 e. The van der Waals surface area contributed by atoms with Crippen LogP contribution in [0.25, 0.3) is 0 Å². The van der Waals surface area contributed by atoms with Gasteiger partial charge in [-0.05, 0) is 75.0 Å². The lowest BCUT2D eigenvalue weighted by Crippen LogP contribution is -2.47. The standard InChI is InChI=1S/C28H37N5O5/c1-21(34)26(19-30-37)32-28(36)24-9-5-22(6-10-24)3-4-23-7-11-25(12-8-23)31-27(35)20-29-13-2-14-33-15-17-38-18-16-33/h5-12,21,26,29-30,34,37H,2,13-20H2,1H3,(H,31,35)(H,32,36)/t21-,26+/m1/s1. The molecule has 0 radical (unpaired) electrons. The Kier molecular flexibility index (Phi) is 12.2.